The number of hydrogen-bond donors (Lipinski definition) is 4. The van der Waals surface area contributed by atoms with Crippen LogP contribution in [0.15, 0.2) is 22.6 Å². The van der Waals surface area contributed by atoms with Gasteiger partial charge in [-0.3, -0.25) is 0 Å². The summed E-state index contributed by atoms with van der Waals surface area (Å²) < 4.78 is 5.48. The largest absolute Gasteiger partial charge is 0.504 e. The Balaban J connectivity index is 2.09. The first-order valence-corrected chi connectivity index (χ1v) is 6.43. The van der Waals surface area contributed by atoms with Crippen LogP contribution >= 0.6 is 0 Å². The van der Waals surface area contributed by atoms with Crippen LogP contribution in [0.5, 0.6) is 17.2 Å². The molecule has 0 bridgehead atoms. The molecule has 0 spiro atoms. The summed E-state index contributed by atoms with van der Waals surface area (Å²) in [5.41, 5.74) is 1.58. The second-order valence-electron chi connectivity index (χ2n) is 4.91. The zero-order valence-electron chi connectivity index (χ0n) is 11.8. The van der Waals surface area contributed by atoms with Gasteiger partial charge in [-0.1, -0.05) is 6.07 Å². The lowest BCUT2D eigenvalue weighted by molar-refractivity contribution is 0.363. The summed E-state index contributed by atoms with van der Waals surface area (Å²) in [6, 6.07) is 4.94. The van der Waals surface area contributed by atoms with E-state index in [-0.39, 0.29) is 17.5 Å². The van der Waals surface area contributed by atoms with Crippen molar-refractivity contribution in [3.05, 3.63) is 40.8 Å². The van der Waals surface area contributed by atoms with Gasteiger partial charge in [0.2, 0.25) is 5.75 Å². The fraction of sp³-hybridized carbons (Fsp3) is 0.333. The Kier molecular flexibility index (Phi) is 3.90. The van der Waals surface area contributed by atoms with Crippen molar-refractivity contribution in [2.75, 3.05) is 0 Å². The van der Waals surface area contributed by atoms with Gasteiger partial charge in [-0.15, -0.1) is 0 Å². The molecule has 5 heteroatoms. The molecule has 1 heterocycles. The SMILES string of the molecule is Cc1cc(C(C)NCc2ccc(O)c(O)c2O)c(C)o1. The van der Waals surface area contributed by atoms with Crippen LogP contribution in [0.3, 0.4) is 0 Å². The number of furan rings is 1. The Morgan fingerprint density at radius 3 is 2.45 bits per heavy atom. The number of phenols is 3. The first-order valence-electron chi connectivity index (χ1n) is 6.43. The topological polar surface area (TPSA) is 85.9 Å². The van der Waals surface area contributed by atoms with Crippen LogP contribution in [-0.4, -0.2) is 15.3 Å². The van der Waals surface area contributed by atoms with E-state index in [1.807, 2.05) is 26.8 Å². The summed E-state index contributed by atoms with van der Waals surface area (Å²) in [4.78, 5) is 0. The number of phenolic OH excluding ortho intramolecular Hbond substituents is 3. The number of aromatic hydroxyl groups is 3. The van der Waals surface area contributed by atoms with Crippen molar-refractivity contribution >= 4 is 0 Å². The molecule has 1 aromatic carbocycles. The van der Waals surface area contributed by atoms with Gasteiger partial charge in [-0.2, -0.15) is 0 Å². The molecule has 1 unspecified atom stereocenters. The van der Waals surface area contributed by atoms with Crippen LogP contribution in [0.1, 0.15) is 35.6 Å². The van der Waals surface area contributed by atoms with Crippen molar-refractivity contribution in [3.63, 3.8) is 0 Å². The van der Waals surface area contributed by atoms with Gasteiger partial charge in [-0.25, -0.2) is 0 Å². The maximum absolute atomic E-state index is 9.75. The zero-order chi connectivity index (χ0) is 14.9. The number of hydrogen-bond acceptors (Lipinski definition) is 5. The molecule has 0 saturated heterocycles. The van der Waals surface area contributed by atoms with Gasteiger partial charge in [0, 0.05) is 23.7 Å². The average molecular weight is 277 g/mol. The van der Waals surface area contributed by atoms with Crippen molar-refractivity contribution in [2.45, 2.75) is 33.4 Å². The highest BCUT2D eigenvalue weighted by Crippen LogP contribution is 2.37. The van der Waals surface area contributed by atoms with Gasteiger partial charge in [0.05, 0.1) is 0 Å². The van der Waals surface area contributed by atoms with Gasteiger partial charge < -0.3 is 25.1 Å². The third-order valence-electron chi connectivity index (χ3n) is 3.36. The molecule has 0 fully saturated rings. The molecule has 108 valence electrons. The highest BCUT2D eigenvalue weighted by Gasteiger charge is 2.15. The zero-order valence-corrected chi connectivity index (χ0v) is 11.8. The van der Waals surface area contributed by atoms with Gasteiger partial charge in [-0.05, 0) is 32.9 Å². The highest BCUT2D eigenvalue weighted by molar-refractivity contribution is 5.53. The van der Waals surface area contributed by atoms with Gasteiger partial charge in [0.15, 0.2) is 11.5 Å². The molecule has 0 aliphatic carbocycles. The minimum absolute atomic E-state index is 0.0443. The van der Waals surface area contributed by atoms with E-state index in [1.165, 1.54) is 6.07 Å². The van der Waals surface area contributed by atoms with E-state index < -0.39 is 5.75 Å². The van der Waals surface area contributed by atoms with E-state index in [9.17, 15) is 15.3 Å². The third-order valence-corrected chi connectivity index (χ3v) is 3.36. The number of benzene rings is 1. The van der Waals surface area contributed by atoms with Crippen LogP contribution in [0.2, 0.25) is 0 Å². The van der Waals surface area contributed by atoms with Gasteiger partial charge >= 0.3 is 0 Å². The summed E-state index contributed by atoms with van der Waals surface area (Å²) in [6.07, 6.45) is 0. The highest BCUT2D eigenvalue weighted by atomic mass is 16.3. The van der Waals surface area contributed by atoms with Crippen molar-refractivity contribution in [3.8, 4) is 17.2 Å². The molecule has 5 nitrogen and oxygen atoms in total. The molecular formula is C15H19NO4. The van der Waals surface area contributed by atoms with Crippen LogP contribution in [0.4, 0.5) is 0 Å². The molecule has 0 radical (unpaired) electrons. The molecule has 2 rings (SSSR count). The average Bonchev–Trinajstić information content (AvgIpc) is 2.74. The van der Waals surface area contributed by atoms with E-state index in [4.69, 9.17) is 4.42 Å². The fourth-order valence-electron chi connectivity index (χ4n) is 2.21. The Labute approximate surface area is 117 Å². The second kappa shape index (κ2) is 5.46. The lowest BCUT2D eigenvalue weighted by Crippen LogP contribution is -2.18. The van der Waals surface area contributed by atoms with E-state index in [2.05, 4.69) is 5.32 Å². The molecule has 0 amide bonds. The lowest BCUT2D eigenvalue weighted by Gasteiger charge is -2.14. The monoisotopic (exact) mass is 277 g/mol. The van der Waals surface area contributed by atoms with Gasteiger partial charge in [0.25, 0.3) is 0 Å². The van der Waals surface area contributed by atoms with Crippen molar-refractivity contribution in [1.82, 2.24) is 5.32 Å². The van der Waals surface area contributed by atoms with Gasteiger partial charge in [0.1, 0.15) is 11.5 Å². The summed E-state index contributed by atoms with van der Waals surface area (Å²) >= 11 is 0. The molecule has 1 atom stereocenters. The van der Waals surface area contributed by atoms with E-state index in [1.54, 1.807) is 6.07 Å². The summed E-state index contributed by atoms with van der Waals surface area (Å²) in [5.74, 6) is 0.592. The molecule has 1 aromatic heterocycles. The predicted molar refractivity (Wildman–Crippen MR) is 74.9 cm³/mol. The van der Waals surface area contributed by atoms with E-state index in [0.29, 0.717) is 12.1 Å². The maximum Gasteiger partial charge on any atom is 0.200 e. The summed E-state index contributed by atoms with van der Waals surface area (Å²) in [5, 5.41) is 31.7. The van der Waals surface area contributed by atoms with Crippen LogP contribution in [0.25, 0.3) is 0 Å². The minimum Gasteiger partial charge on any atom is -0.504 e. The normalized spacial score (nSPS) is 12.6. The first-order chi connectivity index (χ1) is 9.40. The summed E-state index contributed by atoms with van der Waals surface area (Å²) in [6.45, 7) is 6.16. The molecule has 20 heavy (non-hydrogen) atoms. The number of aryl methyl sites for hydroxylation is 2. The smallest absolute Gasteiger partial charge is 0.200 e. The van der Waals surface area contributed by atoms with E-state index in [0.717, 1.165) is 17.1 Å². The van der Waals surface area contributed by atoms with Crippen LogP contribution < -0.4 is 5.32 Å². The fourth-order valence-corrected chi connectivity index (χ4v) is 2.21. The summed E-state index contributed by atoms with van der Waals surface area (Å²) in [7, 11) is 0. The molecule has 4 N–H and O–H groups in total. The molecular weight excluding hydrogens is 258 g/mol. The molecule has 0 aliphatic heterocycles. The molecule has 2 aromatic rings. The van der Waals surface area contributed by atoms with Crippen LogP contribution in [0, 0.1) is 13.8 Å². The quantitative estimate of drug-likeness (QED) is 0.646. The van der Waals surface area contributed by atoms with Crippen molar-refractivity contribution < 1.29 is 19.7 Å². The molecule has 0 saturated carbocycles. The second-order valence-corrected chi connectivity index (χ2v) is 4.91. The third kappa shape index (κ3) is 2.72. The number of nitrogens with one attached hydrogen (secondary N) is 1. The standard InChI is InChI=1S/C15H19NO4/c1-8-6-12(10(3)20-8)9(2)16-7-11-4-5-13(17)15(19)14(11)18/h4-6,9,16-19H,7H2,1-3H3. The Morgan fingerprint density at radius 1 is 1.15 bits per heavy atom. The maximum atomic E-state index is 9.75. The molecule has 0 aliphatic rings. The van der Waals surface area contributed by atoms with Crippen molar-refractivity contribution in [2.24, 2.45) is 0 Å². The minimum atomic E-state index is -0.493. The lowest BCUT2D eigenvalue weighted by atomic mass is 10.1. The Bertz CT molecular complexity index is 619. The van der Waals surface area contributed by atoms with E-state index >= 15 is 0 Å². The predicted octanol–water partition coefficient (Wildman–Crippen LogP) is 2.86. The first kappa shape index (κ1) is 14.3. The number of rotatable bonds is 4. The van der Waals surface area contributed by atoms with Crippen LogP contribution in [-0.2, 0) is 6.54 Å². The van der Waals surface area contributed by atoms with Crippen molar-refractivity contribution in [1.29, 1.82) is 0 Å². The Hall–Kier alpha value is -2.14. The Morgan fingerprint density at radius 2 is 1.85 bits per heavy atom.